The second-order valence-electron chi connectivity index (χ2n) is 7.14. The molecule has 0 radical (unpaired) electrons. The summed E-state index contributed by atoms with van der Waals surface area (Å²) in [5.74, 6) is 0.235. The number of rotatable bonds is 2. The number of nitrogens with one attached hydrogen (secondary N) is 1. The fourth-order valence-electron chi connectivity index (χ4n) is 3.83. The van der Waals surface area contributed by atoms with E-state index in [0.717, 1.165) is 32.2 Å². The predicted octanol–water partition coefficient (Wildman–Crippen LogP) is 3.59. The highest BCUT2D eigenvalue weighted by Crippen LogP contribution is 2.31. The summed E-state index contributed by atoms with van der Waals surface area (Å²) in [4.78, 5) is 27.6. The molecule has 1 saturated heterocycles. The molecule has 6 nitrogen and oxygen atoms in total. The number of nitriles is 1. The van der Waals surface area contributed by atoms with Crippen LogP contribution in [-0.2, 0) is 0 Å². The van der Waals surface area contributed by atoms with Gasteiger partial charge in [-0.05, 0) is 61.7 Å². The lowest BCUT2D eigenvalue weighted by Gasteiger charge is -2.37. The minimum Gasteiger partial charge on any atom is -0.493 e. The van der Waals surface area contributed by atoms with Crippen LogP contribution in [0.1, 0.15) is 52.0 Å². The van der Waals surface area contributed by atoms with E-state index in [4.69, 9.17) is 10.00 Å². The fraction of sp³-hybridized carbons (Fsp3) is 0.318. The molecule has 6 heteroatoms. The molecule has 1 N–H and O–H groups in total. The van der Waals surface area contributed by atoms with Crippen LogP contribution in [0.4, 0.5) is 5.69 Å². The molecule has 0 saturated carbocycles. The number of fused-ring (bicyclic) bond motifs is 2. The van der Waals surface area contributed by atoms with Crippen molar-refractivity contribution in [2.45, 2.75) is 31.7 Å². The van der Waals surface area contributed by atoms with Gasteiger partial charge < -0.3 is 15.0 Å². The molecule has 2 aromatic rings. The summed E-state index contributed by atoms with van der Waals surface area (Å²) in [7, 11) is 0. The molecule has 2 aliphatic rings. The summed E-state index contributed by atoms with van der Waals surface area (Å²) in [6.45, 7) is 1.35. The van der Waals surface area contributed by atoms with Gasteiger partial charge in [-0.1, -0.05) is 0 Å². The third-order valence-corrected chi connectivity index (χ3v) is 5.34. The molecule has 0 spiro atoms. The van der Waals surface area contributed by atoms with Crippen molar-refractivity contribution in [3.8, 4) is 11.8 Å². The van der Waals surface area contributed by atoms with Gasteiger partial charge in [-0.25, -0.2) is 0 Å². The van der Waals surface area contributed by atoms with Crippen LogP contribution in [0.25, 0.3) is 0 Å². The van der Waals surface area contributed by atoms with E-state index in [1.807, 2.05) is 11.0 Å². The van der Waals surface area contributed by atoms with E-state index in [-0.39, 0.29) is 17.9 Å². The monoisotopic (exact) mass is 375 g/mol. The third kappa shape index (κ3) is 3.56. The molecule has 1 unspecified atom stereocenters. The van der Waals surface area contributed by atoms with Crippen LogP contribution in [0.2, 0.25) is 0 Å². The zero-order valence-corrected chi connectivity index (χ0v) is 15.5. The van der Waals surface area contributed by atoms with Crippen molar-refractivity contribution in [3.63, 3.8) is 0 Å². The molecule has 142 valence electrons. The van der Waals surface area contributed by atoms with E-state index >= 15 is 0 Å². The normalized spacial score (nSPS) is 18.6. The fourth-order valence-corrected chi connectivity index (χ4v) is 3.83. The summed E-state index contributed by atoms with van der Waals surface area (Å²) in [6.07, 6.45) is 4.03. The van der Waals surface area contributed by atoms with Crippen LogP contribution >= 0.6 is 0 Å². The molecule has 2 heterocycles. The Balaban J connectivity index is 1.57. The first-order chi connectivity index (χ1) is 13.7. The topological polar surface area (TPSA) is 82.4 Å². The van der Waals surface area contributed by atoms with Gasteiger partial charge in [0.2, 0.25) is 0 Å². The van der Waals surface area contributed by atoms with Gasteiger partial charge in [0.15, 0.2) is 0 Å². The molecular weight excluding hydrogens is 354 g/mol. The number of nitrogens with zero attached hydrogens (tertiary/aromatic N) is 2. The van der Waals surface area contributed by atoms with Crippen molar-refractivity contribution in [2.75, 3.05) is 18.5 Å². The molecule has 28 heavy (non-hydrogen) atoms. The van der Waals surface area contributed by atoms with E-state index in [1.54, 1.807) is 42.5 Å². The molecule has 0 aliphatic carbocycles. The van der Waals surface area contributed by atoms with E-state index in [9.17, 15) is 9.59 Å². The van der Waals surface area contributed by atoms with Crippen LogP contribution in [0, 0.1) is 11.3 Å². The maximum absolute atomic E-state index is 13.1. The highest BCUT2D eigenvalue weighted by Gasteiger charge is 2.31. The van der Waals surface area contributed by atoms with Crippen molar-refractivity contribution < 1.29 is 14.3 Å². The number of ether oxygens (including phenoxy) is 1. The van der Waals surface area contributed by atoms with Crippen LogP contribution in [0.5, 0.6) is 5.75 Å². The molecule has 0 bridgehead atoms. The Morgan fingerprint density at radius 1 is 1.14 bits per heavy atom. The van der Waals surface area contributed by atoms with Gasteiger partial charge in [-0.2, -0.15) is 5.26 Å². The Hall–Kier alpha value is -3.33. The molecule has 4 rings (SSSR count). The van der Waals surface area contributed by atoms with E-state index in [1.165, 1.54) is 0 Å². The Labute approximate surface area is 163 Å². The third-order valence-electron chi connectivity index (χ3n) is 5.34. The lowest BCUT2D eigenvalue weighted by Crippen LogP contribution is -2.45. The van der Waals surface area contributed by atoms with E-state index < -0.39 is 0 Å². The Morgan fingerprint density at radius 3 is 2.75 bits per heavy atom. The Kier molecular flexibility index (Phi) is 4.98. The quantitative estimate of drug-likeness (QED) is 0.870. The average molecular weight is 375 g/mol. The van der Waals surface area contributed by atoms with Crippen molar-refractivity contribution in [2.24, 2.45) is 0 Å². The van der Waals surface area contributed by atoms with Gasteiger partial charge in [0.25, 0.3) is 11.8 Å². The largest absolute Gasteiger partial charge is 0.493 e. The predicted molar refractivity (Wildman–Crippen MR) is 104 cm³/mol. The number of hydrogen-bond acceptors (Lipinski definition) is 4. The van der Waals surface area contributed by atoms with Crippen molar-refractivity contribution in [1.29, 1.82) is 5.26 Å². The lowest BCUT2D eigenvalue weighted by atomic mass is 9.97. The number of piperidine rings is 1. The SMILES string of the molecule is N#Cc1ccc(C(=O)Nc2ccc3c(c2)C(=O)N2CCCCC2CCO3)cc1. The maximum Gasteiger partial charge on any atom is 0.257 e. The highest BCUT2D eigenvalue weighted by atomic mass is 16.5. The van der Waals surface area contributed by atoms with Crippen molar-refractivity contribution in [3.05, 3.63) is 59.2 Å². The molecule has 1 fully saturated rings. The number of amides is 2. The second-order valence-corrected chi connectivity index (χ2v) is 7.14. The van der Waals surface area contributed by atoms with Crippen molar-refractivity contribution >= 4 is 17.5 Å². The summed E-state index contributed by atoms with van der Waals surface area (Å²) >= 11 is 0. The van der Waals surface area contributed by atoms with Crippen molar-refractivity contribution in [1.82, 2.24) is 4.90 Å². The minimum absolute atomic E-state index is 0.0335. The number of hydrogen-bond donors (Lipinski definition) is 1. The lowest BCUT2D eigenvalue weighted by molar-refractivity contribution is 0.0548. The maximum atomic E-state index is 13.1. The van der Waals surface area contributed by atoms with Gasteiger partial charge in [0.1, 0.15) is 5.75 Å². The van der Waals surface area contributed by atoms with Crippen LogP contribution in [0.15, 0.2) is 42.5 Å². The van der Waals surface area contributed by atoms with Crippen LogP contribution < -0.4 is 10.1 Å². The van der Waals surface area contributed by atoms with Gasteiger partial charge in [-0.15, -0.1) is 0 Å². The molecule has 1 atom stereocenters. The molecule has 2 aliphatic heterocycles. The first kappa shape index (κ1) is 18.1. The number of anilines is 1. The Morgan fingerprint density at radius 2 is 1.96 bits per heavy atom. The number of benzene rings is 2. The standard InChI is InChI=1S/C22H21N3O3/c23-14-15-4-6-16(7-5-15)21(26)24-17-8-9-20-19(13-17)22(27)25-11-2-1-3-18(25)10-12-28-20/h4-9,13,18H,1-3,10-12H2,(H,24,26). The molecule has 0 aromatic heterocycles. The van der Waals surface area contributed by atoms with E-state index in [0.29, 0.717) is 34.7 Å². The first-order valence-corrected chi connectivity index (χ1v) is 9.55. The molecule has 2 aromatic carbocycles. The summed E-state index contributed by atoms with van der Waals surface area (Å²) in [6, 6.07) is 13.8. The highest BCUT2D eigenvalue weighted by molar-refractivity contribution is 6.05. The number of carbonyl (C=O) groups is 2. The van der Waals surface area contributed by atoms with Crippen LogP contribution in [-0.4, -0.2) is 35.9 Å². The average Bonchev–Trinajstić information content (AvgIpc) is 2.73. The van der Waals surface area contributed by atoms with Gasteiger partial charge in [0.05, 0.1) is 23.8 Å². The molecule has 2 amide bonds. The zero-order chi connectivity index (χ0) is 19.5. The smallest absolute Gasteiger partial charge is 0.257 e. The number of carbonyl (C=O) groups excluding carboxylic acids is 2. The summed E-state index contributed by atoms with van der Waals surface area (Å²) in [5.41, 5.74) is 1.98. The summed E-state index contributed by atoms with van der Waals surface area (Å²) < 4.78 is 5.83. The Bertz CT molecular complexity index is 946. The molecular formula is C22H21N3O3. The minimum atomic E-state index is -0.292. The van der Waals surface area contributed by atoms with Gasteiger partial charge >= 0.3 is 0 Å². The van der Waals surface area contributed by atoms with Gasteiger partial charge in [0, 0.05) is 30.3 Å². The second kappa shape index (κ2) is 7.73. The summed E-state index contributed by atoms with van der Waals surface area (Å²) in [5, 5.41) is 11.7. The van der Waals surface area contributed by atoms with Crippen LogP contribution in [0.3, 0.4) is 0 Å². The zero-order valence-electron chi connectivity index (χ0n) is 15.5. The van der Waals surface area contributed by atoms with E-state index in [2.05, 4.69) is 5.32 Å². The van der Waals surface area contributed by atoms with Gasteiger partial charge in [-0.3, -0.25) is 9.59 Å². The first-order valence-electron chi connectivity index (χ1n) is 9.55.